The van der Waals surface area contributed by atoms with Gasteiger partial charge >= 0.3 is 104 Å². The molecule has 1 atom stereocenters. The Labute approximate surface area is 448 Å². The molecule has 0 spiro atoms. The van der Waals surface area contributed by atoms with Crippen LogP contribution in [0, 0.1) is 29.1 Å². The summed E-state index contributed by atoms with van der Waals surface area (Å²) >= 11 is 0. The van der Waals surface area contributed by atoms with Crippen LogP contribution in [0.4, 0.5) is 25.2 Å². The summed E-state index contributed by atoms with van der Waals surface area (Å²) in [5, 5.41) is 3.27. The van der Waals surface area contributed by atoms with Gasteiger partial charge < -0.3 is 0 Å². The molecule has 0 N–H and O–H groups in total. The van der Waals surface area contributed by atoms with Crippen LogP contribution in [0.15, 0.2) is 84.0 Å². The Hall–Kier alpha value is 0.412. The normalized spacial score (nSPS) is 24.1. The van der Waals surface area contributed by atoms with E-state index >= 15 is 0 Å². The molecule has 0 nitrogen and oxygen atoms in total. The average molecular weight is 1190 g/mol. The first kappa shape index (κ1) is 63.5. The molecule has 10 rings (SSSR count). The van der Waals surface area contributed by atoms with E-state index in [1.807, 2.05) is 5.57 Å². The van der Waals surface area contributed by atoms with Gasteiger partial charge in [-0.25, -0.2) is 0 Å². The topological polar surface area (TPSA) is 0 Å². The summed E-state index contributed by atoms with van der Waals surface area (Å²) in [6, 6.07) is 23.9. The van der Waals surface area contributed by atoms with Gasteiger partial charge in [0.2, 0.25) is 0 Å². The Balaban J connectivity index is 0.000000487. The molecular formula is C55H83F6Fe3P2Ru+7. The van der Waals surface area contributed by atoms with Crippen LogP contribution in [-0.4, -0.2) is 12.0 Å². The minimum atomic E-state index is -10.7. The smallest absolute Gasteiger partial charge is 2.00 e. The van der Waals surface area contributed by atoms with Crippen molar-refractivity contribution < 1.29 is 95.9 Å². The molecule has 1 unspecified atom stereocenters. The van der Waals surface area contributed by atoms with Gasteiger partial charge in [-0.3, -0.25) is 0 Å². The van der Waals surface area contributed by atoms with Crippen LogP contribution in [0.2, 0.25) is 0 Å². The van der Waals surface area contributed by atoms with Gasteiger partial charge in [-0.05, 0) is 91.0 Å². The number of allylic oxidation sites excluding steroid dienone is 4. The zero-order valence-electron chi connectivity index (χ0n) is 40.2. The number of rotatable bonds is 9. The summed E-state index contributed by atoms with van der Waals surface area (Å²) in [5.74, 6) is 6.46. The summed E-state index contributed by atoms with van der Waals surface area (Å²) in [6.45, 7) is -1.77. The van der Waals surface area contributed by atoms with Gasteiger partial charge in [0.05, 0.1) is 0 Å². The molecule has 2 aromatic rings. The van der Waals surface area contributed by atoms with Crippen molar-refractivity contribution in [1.29, 1.82) is 0 Å². The number of hydrogen-bond acceptors (Lipinski definition) is 0. The van der Waals surface area contributed by atoms with Crippen molar-refractivity contribution in [1.82, 2.24) is 0 Å². The molecule has 0 saturated heterocycles. The van der Waals surface area contributed by atoms with Gasteiger partial charge in [-0.1, -0.05) is 252 Å². The van der Waals surface area contributed by atoms with E-state index in [1.54, 1.807) is 16.2 Å². The van der Waals surface area contributed by atoms with E-state index in [0.29, 0.717) is 0 Å². The second kappa shape index (κ2) is 29.9. The van der Waals surface area contributed by atoms with Crippen LogP contribution in [0.25, 0.3) is 0 Å². The first-order valence-electron chi connectivity index (χ1n) is 26.1. The molecule has 8 aliphatic carbocycles. The maximum Gasteiger partial charge on any atom is 2.00 e. The van der Waals surface area contributed by atoms with Gasteiger partial charge in [0.15, 0.2) is 0 Å². The van der Waals surface area contributed by atoms with Crippen molar-refractivity contribution in [3.05, 3.63) is 84.0 Å². The molecule has 0 aromatic heterocycles. The fourth-order valence-corrected chi connectivity index (χ4v) is 17.2. The molecule has 7 fully saturated rings. The minimum absolute atomic E-state index is 0. The van der Waals surface area contributed by atoms with Crippen LogP contribution in [0.3, 0.4) is 0 Å². The third kappa shape index (κ3) is 21.8. The van der Waals surface area contributed by atoms with Gasteiger partial charge in [0.25, 0.3) is 0 Å². The Morgan fingerprint density at radius 2 is 0.791 bits per heavy atom. The fourth-order valence-electron chi connectivity index (χ4n) is 12.6. The summed E-state index contributed by atoms with van der Waals surface area (Å²) in [6.07, 6.45) is 53.9. The molecule has 8 aliphatic rings. The van der Waals surface area contributed by atoms with Gasteiger partial charge in [0, 0.05) is 5.41 Å². The van der Waals surface area contributed by atoms with Crippen LogP contribution in [0.5, 0.6) is 0 Å². The Bertz CT molecular complexity index is 1660. The zero-order valence-corrected chi connectivity index (χ0v) is 47.1. The van der Waals surface area contributed by atoms with Gasteiger partial charge in [0.1, 0.15) is 0 Å². The number of halogens is 6. The second-order valence-electron chi connectivity index (χ2n) is 20.7. The molecule has 0 bridgehead atoms. The van der Waals surface area contributed by atoms with E-state index in [4.69, 9.17) is 0 Å². The average Bonchev–Trinajstić information content (AvgIpc) is 4.13. The Kier molecular flexibility index (Phi) is 28.4. The first-order chi connectivity index (χ1) is 30.2. The van der Waals surface area contributed by atoms with Gasteiger partial charge in [-0.15, -0.1) is 0 Å². The Morgan fingerprint density at radius 1 is 0.463 bits per heavy atom. The molecule has 0 amide bonds. The van der Waals surface area contributed by atoms with Crippen molar-refractivity contribution in [2.24, 2.45) is 29.1 Å². The van der Waals surface area contributed by atoms with E-state index in [2.05, 4.69) is 78.6 Å². The van der Waals surface area contributed by atoms with Crippen LogP contribution >= 0.6 is 14.7 Å². The number of benzene rings is 2. The van der Waals surface area contributed by atoms with Gasteiger partial charge in [-0.2, -0.15) is 0 Å². The molecular weight excluding hydrogens is 1110 g/mol. The van der Waals surface area contributed by atoms with E-state index in [0.717, 1.165) is 23.7 Å². The maximum atomic E-state index is 9.87. The molecule has 12 heteroatoms. The minimum Gasteiger partial charge on any atom is 2.00 e. The van der Waals surface area contributed by atoms with E-state index in [9.17, 15) is 25.2 Å². The number of hydrogen-bond donors (Lipinski definition) is 0. The van der Waals surface area contributed by atoms with Crippen molar-refractivity contribution in [2.45, 2.75) is 205 Å². The maximum absolute atomic E-state index is 10.7. The summed E-state index contributed by atoms with van der Waals surface area (Å²) in [4.78, 5) is 0. The third-order valence-corrected chi connectivity index (χ3v) is 20.1. The predicted molar refractivity (Wildman–Crippen MR) is 264 cm³/mol. The van der Waals surface area contributed by atoms with Crippen LogP contribution in [0.1, 0.15) is 205 Å². The molecule has 67 heavy (non-hydrogen) atoms. The monoisotopic (exact) mass is 1190 g/mol. The summed E-state index contributed by atoms with van der Waals surface area (Å²) in [7, 11) is -10.7. The van der Waals surface area contributed by atoms with Crippen LogP contribution in [-0.2, 0) is 70.7 Å². The molecule has 380 valence electrons. The zero-order chi connectivity index (χ0) is 44.6. The SMILES string of the molecule is C1=C(C2CCCC2)C=C(C2CCCC2)C1(C=P(CCC1CCCC1)(c1ccccc1)c1ccccc1)C1CCCC1.C1CCCC1.C1CCCC1.C1CCCC1.F[P-](F)(F)(F)(F)F.[Fe+2].[Fe+2].[Fe+2].[Ru+2]. The third-order valence-electron chi connectivity index (χ3n) is 15.9. The predicted octanol–water partition coefficient (Wildman–Crippen LogP) is 19.7. The standard InChI is InChI=1S/C40H53P.3C5H10.F6P.3Fe.Ru/c1-3-23-37(24-4-1)41(38-25-5-2-6-26-38,28-27-32-15-7-8-16-32)31-40(36-21-13-14-22-36)30-35(33-17-9-10-18-33)29-39(40)34-19-11-12-20-34;3*1-2-4-5-3-1;1-7(2,3,4,5)6;;;;/h1-6,23-26,29-34,36H,7-22,27-28H2;3*1-5H2;;;;;/q;;;;-1;4*+2. The van der Waals surface area contributed by atoms with E-state index < -0.39 is 14.7 Å². The van der Waals surface area contributed by atoms with Crippen molar-refractivity contribution >= 4 is 31.1 Å². The fraction of sp³-hybridized carbons (Fsp3) is 0.691. The summed E-state index contributed by atoms with van der Waals surface area (Å²) in [5.41, 5.74) is 3.78. The van der Waals surface area contributed by atoms with Crippen LogP contribution < -0.4 is 10.6 Å². The first-order valence-corrected chi connectivity index (χ1v) is 30.2. The molecule has 0 heterocycles. The van der Waals surface area contributed by atoms with Crippen molar-refractivity contribution in [3.8, 4) is 0 Å². The molecule has 0 radical (unpaired) electrons. The van der Waals surface area contributed by atoms with E-state index in [1.165, 1.54) is 212 Å². The molecule has 7 saturated carbocycles. The van der Waals surface area contributed by atoms with Crippen molar-refractivity contribution in [2.75, 3.05) is 6.16 Å². The Morgan fingerprint density at radius 3 is 1.16 bits per heavy atom. The largest absolute Gasteiger partial charge is 2.00 e. The molecule has 0 aliphatic heterocycles. The molecule has 2 aromatic carbocycles. The summed E-state index contributed by atoms with van der Waals surface area (Å²) < 4.78 is 59.2. The van der Waals surface area contributed by atoms with Crippen molar-refractivity contribution in [3.63, 3.8) is 0 Å². The second-order valence-corrected chi connectivity index (χ2v) is 26.1. The quantitative estimate of drug-likeness (QED) is 0.133. The van der Waals surface area contributed by atoms with E-state index in [-0.39, 0.29) is 76.1 Å².